The first-order chi connectivity index (χ1) is 8.58. The van der Waals surface area contributed by atoms with E-state index in [2.05, 4.69) is 10.3 Å². The average Bonchev–Trinajstić information content (AvgIpc) is 2.35. The fourth-order valence-corrected chi connectivity index (χ4v) is 1.83. The molecule has 2 aromatic rings. The topological polar surface area (TPSA) is 42.0 Å². The number of carbonyl (C=O) groups excluding carboxylic acids is 1. The van der Waals surface area contributed by atoms with Gasteiger partial charge in [0.25, 0.3) is 5.91 Å². The van der Waals surface area contributed by atoms with Gasteiger partial charge in [-0.25, -0.2) is 0 Å². The first-order valence-corrected chi connectivity index (χ1v) is 6.01. The second-order valence-corrected chi connectivity index (χ2v) is 4.53. The van der Waals surface area contributed by atoms with Gasteiger partial charge in [0.15, 0.2) is 0 Å². The molecule has 0 aliphatic heterocycles. The smallest absolute Gasteiger partial charge is 0.255 e. The number of benzene rings is 1. The van der Waals surface area contributed by atoms with Gasteiger partial charge in [-0.3, -0.25) is 9.78 Å². The van der Waals surface area contributed by atoms with Crippen molar-refractivity contribution in [3.05, 3.63) is 57.8 Å². The molecule has 1 aromatic heterocycles. The molecule has 0 bridgehead atoms. The summed E-state index contributed by atoms with van der Waals surface area (Å²) in [5.41, 5.74) is 1.79. The number of hydrogen-bond donors (Lipinski definition) is 1. The lowest BCUT2D eigenvalue weighted by Crippen LogP contribution is -2.12. The third kappa shape index (κ3) is 2.81. The monoisotopic (exact) mass is 280 g/mol. The van der Waals surface area contributed by atoms with Crippen LogP contribution in [-0.2, 0) is 0 Å². The van der Waals surface area contributed by atoms with E-state index < -0.39 is 0 Å². The van der Waals surface area contributed by atoms with Crippen molar-refractivity contribution in [2.75, 3.05) is 5.32 Å². The number of carbonyl (C=O) groups is 1. The minimum atomic E-state index is -0.246. The summed E-state index contributed by atoms with van der Waals surface area (Å²) in [7, 11) is 0. The lowest BCUT2D eigenvalue weighted by atomic mass is 10.2. The van der Waals surface area contributed by atoms with Gasteiger partial charge < -0.3 is 5.32 Å². The average molecular weight is 281 g/mol. The number of hydrogen-bond acceptors (Lipinski definition) is 2. The van der Waals surface area contributed by atoms with Gasteiger partial charge in [0, 0.05) is 17.5 Å². The van der Waals surface area contributed by atoms with Crippen LogP contribution < -0.4 is 5.32 Å². The zero-order valence-electron chi connectivity index (χ0n) is 9.58. The van der Waals surface area contributed by atoms with E-state index in [9.17, 15) is 4.79 Å². The highest BCUT2D eigenvalue weighted by Gasteiger charge is 2.10. The number of nitrogens with one attached hydrogen (secondary N) is 1. The second-order valence-electron chi connectivity index (χ2n) is 3.74. The van der Waals surface area contributed by atoms with Crippen molar-refractivity contribution in [3.63, 3.8) is 0 Å². The van der Waals surface area contributed by atoms with Crippen molar-refractivity contribution in [3.8, 4) is 0 Å². The molecule has 3 nitrogen and oxygen atoms in total. The summed E-state index contributed by atoms with van der Waals surface area (Å²) >= 11 is 11.9. The normalized spacial score (nSPS) is 10.2. The van der Waals surface area contributed by atoms with E-state index in [4.69, 9.17) is 23.2 Å². The Bertz CT molecular complexity index is 599. The number of pyridine rings is 1. The molecule has 18 heavy (non-hydrogen) atoms. The predicted octanol–water partition coefficient (Wildman–Crippen LogP) is 3.95. The molecule has 0 fully saturated rings. The molecular weight excluding hydrogens is 271 g/mol. The Balaban J connectivity index is 2.24. The van der Waals surface area contributed by atoms with E-state index in [1.165, 1.54) is 0 Å². The Morgan fingerprint density at radius 1 is 1.28 bits per heavy atom. The van der Waals surface area contributed by atoms with E-state index >= 15 is 0 Å². The van der Waals surface area contributed by atoms with Gasteiger partial charge >= 0.3 is 0 Å². The number of rotatable bonds is 2. The molecule has 92 valence electrons. The van der Waals surface area contributed by atoms with Crippen LogP contribution in [0.2, 0.25) is 10.0 Å². The first-order valence-electron chi connectivity index (χ1n) is 5.26. The summed E-state index contributed by atoms with van der Waals surface area (Å²) in [5.74, 6) is -0.246. The summed E-state index contributed by atoms with van der Waals surface area (Å²) in [6.07, 6.45) is 1.59. The van der Waals surface area contributed by atoms with Crippen LogP contribution in [0.15, 0.2) is 36.5 Å². The summed E-state index contributed by atoms with van der Waals surface area (Å²) in [6, 6.07) is 8.42. The predicted molar refractivity (Wildman–Crippen MR) is 73.4 cm³/mol. The van der Waals surface area contributed by atoms with Crippen LogP contribution in [0.4, 0.5) is 5.69 Å². The maximum absolute atomic E-state index is 12.0. The van der Waals surface area contributed by atoms with Gasteiger partial charge in [0.2, 0.25) is 0 Å². The van der Waals surface area contributed by atoms with Crippen molar-refractivity contribution in [1.29, 1.82) is 0 Å². The summed E-state index contributed by atoms with van der Waals surface area (Å²) in [4.78, 5) is 16.0. The number of anilines is 1. The lowest BCUT2D eigenvalue weighted by Gasteiger charge is -2.08. The van der Waals surface area contributed by atoms with E-state index in [0.717, 1.165) is 5.69 Å². The third-order valence-corrected chi connectivity index (χ3v) is 3.18. The number of nitrogens with zero attached hydrogens (tertiary/aromatic N) is 1. The number of aryl methyl sites for hydroxylation is 1. The largest absolute Gasteiger partial charge is 0.321 e. The molecule has 0 atom stereocenters. The highest BCUT2D eigenvalue weighted by Crippen LogP contribution is 2.29. The fourth-order valence-electron chi connectivity index (χ4n) is 1.48. The van der Waals surface area contributed by atoms with Crippen molar-refractivity contribution in [2.24, 2.45) is 0 Å². The van der Waals surface area contributed by atoms with Crippen LogP contribution in [0.5, 0.6) is 0 Å². The van der Waals surface area contributed by atoms with E-state index in [-0.39, 0.29) is 5.91 Å². The second kappa shape index (κ2) is 5.38. The Labute approximate surface area is 115 Å². The molecule has 1 heterocycles. The van der Waals surface area contributed by atoms with Crippen LogP contribution in [-0.4, -0.2) is 10.9 Å². The standard InChI is InChI=1S/C13H10Cl2N2O/c1-8-7-9(5-6-16-8)13(18)17-11-4-2-3-10(14)12(11)15/h2-7H,1H3,(H,17,18). The zero-order valence-corrected chi connectivity index (χ0v) is 11.1. The zero-order chi connectivity index (χ0) is 13.1. The number of halogens is 2. The van der Waals surface area contributed by atoms with Crippen molar-refractivity contribution in [1.82, 2.24) is 4.98 Å². The van der Waals surface area contributed by atoms with Crippen LogP contribution in [0.3, 0.4) is 0 Å². The first kappa shape index (κ1) is 12.9. The molecule has 0 saturated heterocycles. The molecule has 0 spiro atoms. The van der Waals surface area contributed by atoms with Crippen molar-refractivity contribution >= 4 is 34.8 Å². The molecule has 0 unspecified atom stereocenters. The third-order valence-electron chi connectivity index (χ3n) is 2.36. The molecule has 0 radical (unpaired) electrons. The molecule has 1 aromatic carbocycles. The lowest BCUT2D eigenvalue weighted by molar-refractivity contribution is 0.102. The van der Waals surface area contributed by atoms with Crippen molar-refractivity contribution < 1.29 is 4.79 Å². The van der Waals surface area contributed by atoms with Crippen LogP contribution in [0, 0.1) is 6.92 Å². The fraction of sp³-hybridized carbons (Fsp3) is 0.0769. The molecule has 5 heteroatoms. The van der Waals surface area contributed by atoms with E-state index in [1.54, 1.807) is 36.5 Å². The van der Waals surface area contributed by atoms with Gasteiger partial charge in [-0.15, -0.1) is 0 Å². The molecule has 0 aliphatic rings. The molecular formula is C13H10Cl2N2O. The molecule has 0 saturated carbocycles. The van der Waals surface area contributed by atoms with Crippen molar-refractivity contribution in [2.45, 2.75) is 6.92 Å². The van der Waals surface area contributed by atoms with Gasteiger partial charge in [-0.2, -0.15) is 0 Å². The minimum Gasteiger partial charge on any atom is -0.321 e. The Morgan fingerprint density at radius 2 is 2.06 bits per heavy atom. The van der Waals surface area contributed by atoms with Crippen LogP contribution in [0.25, 0.3) is 0 Å². The summed E-state index contributed by atoms with van der Waals surface area (Å²) in [5, 5.41) is 3.45. The van der Waals surface area contributed by atoms with E-state index in [0.29, 0.717) is 21.3 Å². The SMILES string of the molecule is Cc1cc(C(=O)Nc2cccc(Cl)c2Cl)ccn1. The highest BCUT2D eigenvalue weighted by molar-refractivity contribution is 6.44. The van der Waals surface area contributed by atoms with Gasteiger partial charge in [0.05, 0.1) is 15.7 Å². The molecule has 0 aliphatic carbocycles. The van der Waals surface area contributed by atoms with Crippen LogP contribution in [0.1, 0.15) is 16.1 Å². The van der Waals surface area contributed by atoms with Gasteiger partial charge in [-0.1, -0.05) is 29.3 Å². The minimum absolute atomic E-state index is 0.246. The van der Waals surface area contributed by atoms with E-state index in [1.807, 2.05) is 6.92 Å². The molecule has 2 rings (SSSR count). The van der Waals surface area contributed by atoms with Gasteiger partial charge in [-0.05, 0) is 31.2 Å². The summed E-state index contributed by atoms with van der Waals surface area (Å²) in [6.45, 7) is 1.82. The number of amides is 1. The maximum atomic E-state index is 12.0. The maximum Gasteiger partial charge on any atom is 0.255 e. The highest BCUT2D eigenvalue weighted by atomic mass is 35.5. The Morgan fingerprint density at radius 3 is 2.78 bits per heavy atom. The Hall–Kier alpha value is -1.58. The molecule has 1 N–H and O–H groups in total. The van der Waals surface area contributed by atoms with Gasteiger partial charge in [0.1, 0.15) is 0 Å². The Kier molecular flexibility index (Phi) is 3.84. The molecule has 1 amide bonds. The quantitative estimate of drug-likeness (QED) is 0.905. The van der Waals surface area contributed by atoms with Crippen LogP contribution >= 0.6 is 23.2 Å². The summed E-state index contributed by atoms with van der Waals surface area (Å²) < 4.78 is 0. The number of aromatic nitrogens is 1.